The van der Waals surface area contributed by atoms with Crippen LogP contribution < -0.4 is 0 Å². The average molecular weight is 312 g/mol. The molecule has 0 N–H and O–H groups in total. The number of hydrogen-bond donors (Lipinski definition) is 0. The van der Waals surface area contributed by atoms with E-state index >= 15 is 0 Å². The molecule has 0 radical (unpaired) electrons. The van der Waals surface area contributed by atoms with Crippen molar-refractivity contribution in [2.45, 2.75) is 24.5 Å². The van der Waals surface area contributed by atoms with Crippen molar-refractivity contribution in [3.8, 4) is 11.6 Å². The SMILES string of the molecule is CN(C#C[Si](C)(C)C)S(=O)(=O)c1ccc([N+](=O)[O-])cc1. The lowest BCUT2D eigenvalue weighted by Gasteiger charge is -2.13. The summed E-state index contributed by atoms with van der Waals surface area (Å²) in [5.74, 6) is 0. The number of non-ortho nitro benzene ring substituents is 1. The third-order valence-electron chi connectivity index (χ3n) is 2.29. The fourth-order valence-electron chi connectivity index (χ4n) is 1.20. The Morgan fingerprint density at radius 2 is 1.70 bits per heavy atom. The number of nitro benzene ring substituents is 1. The zero-order chi connectivity index (χ0) is 15.6. The number of sulfonamides is 1. The van der Waals surface area contributed by atoms with Gasteiger partial charge in [-0.05, 0) is 12.1 Å². The van der Waals surface area contributed by atoms with Crippen LogP contribution in [0.25, 0.3) is 0 Å². The van der Waals surface area contributed by atoms with Crippen LogP contribution in [-0.4, -0.2) is 32.8 Å². The van der Waals surface area contributed by atoms with Crippen molar-refractivity contribution in [2.24, 2.45) is 0 Å². The first kappa shape index (κ1) is 16.2. The summed E-state index contributed by atoms with van der Waals surface area (Å²) in [6.07, 6.45) is 0. The van der Waals surface area contributed by atoms with Gasteiger partial charge in [-0.25, -0.2) is 12.7 Å². The van der Waals surface area contributed by atoms with Gasteiger partial charge in [0.05, 0.1) is 9.82 Å². The Morgan fingerprint density at radius 3 is 2.10 bits per heavy atom. The largest absolute Gasteiger partial charge is 0.270 e. The predicted molar refractivity (Wildman–Crippen MR) is 79.2 cm³/mol. The third kappa shape index (κ3) is 4.08. The van der Waals surface area contributed by atoms with Crippen LogP contribution >= 0.6 is 0 Å². The Morgan fingerprint density at radius 1 is 1.20 bits per heavy atom. The monoisotopic (exact) mass is 312 g/mol. The van der Waals surface area contributed by atoms with Crippen LogP contribution in [0.3, 0.4) is 0 Å². The van der Waals surface area contributed by atoms with Crippen LogP contribution in [0, 0.1) is 21.7 Å². The van der Waals surface area contributed by atoms with Crippen molar-refractivity contribution in [3.05, 3.63) is 34.4 Å². The predicted octanol–water partition coefficient (Wildman–Crippen LogP) is 2.05. The molecule has 0 fully saturated rings. The fraction of sp³-hybridized carbons (Fsp3) is 0.333. The standard InChI is InChI=1S/C12H16N2O4SSi/c1-13(9-10-20(2,3)4)19(17,18)12-7-5-11(6-8-12)14(15)16/h5-8H,1-4H3. The number of nitrogens with zero attached hydrogens (tertiary/aromatic N) is 2. The smallest absolute Gasteiger partial charge is 0.258 e. The molecule has 0 amide bonds. The van der Waals surface area contributed by atoms with E-state index in [1.165, 1.54) is 19.2 Å². The van der Waals surface area contributed by atoms with Gasteiger partial charge in [0, 0.05) is 25.2 Å². The Bertz CT molecular complexity index is 666. The fourth-order valence-corrected chi connectivity index (χ4v) is 2.75. The highest BCUT2D eigenvalue weighted by Crippen LogP contribution is 2.18. The van der Waals surface area contributed by atoms with Crippen LogP contribution in [0.5, 0.6) is 0 Å². The topological polar surface area (TPSA) is 80.5 Å². The van der Waals surface area contributed by atoms with E-state index in [0.717, 1.165) is 16.4 Å². The van der Waals surface area contributed by atoms with Crippen LogP contribution in [0.1, 0.15) is 0 Å². The van der Waals surface area contributed by atoms with E-state index in [1.807, 2.05) is 19.6 Å². The molecule has 20 heavy (non-hydrogen) atoms. The number of nitro groups is 1. The first-order chi connectivity index (χ1) is 9.04. The molecule has 0 saturated carbocycles. The zero-order valence-corrected chi connectivity index (χ0v) is 13.6. The lowest BCUT2D eigenvalue weighted by atomic mass is 10.3. The molecule has 1 rings (SSSR count). The van der Waals surface area contributed by atoms with Crippen LogP contribution in [-0.2, 0) is 10.0 Å². The van der Waals surface area contributed by atoms with Crippen molar-refractivity contribution >= 4 is 23.8 Å². The van der Waals surface area contributed by atoms with Crippen LogP contribution in [0.4, 0.5) is 5.69 Å². The number of benzene rings is 1. The highest BCUT2D eigenvalue weighted by Gasteiger charge is 2.20. The van der Waals surface area contributed by atoms with E-state index < -0.39 is 23.0 Å². The summed E-state index contributed by atoms with van der Waals surface area (Å²) in [7, 11) is -4.06. The maximum absolute atomic E-state index is 12.2. The van der Waals surface area contributed by atoms with Crippen LogP contribution in [0.15, 0.2) is 29.2 Å². The van der Waals surface area contributed by atoms with Gasteiger partial charge in [-0.15, -0.1) is 5.54 Å². The quantitative estimate of drug-likeness (QED) is 0.281. The van der Waals surface area contributed by atoms with Gasteiger partial charge in [-0.1, -0.05) is 19.6 Å². The molecule has 0 atom stereocenters. The molecule has 0 aliphatic rings. The van der Waals surface area contributed by atoms with Gasteiger partial charge in [-0.2, -0.15) is 0 Å². The van der Waals surface area contributed by atoms with E-state index in [2.05, 4.69) is 11.6 Å². The van der Waals surface area contributed by atoms with Gasteiger partial charge in [0.25, 0.3) is 15.7 Å². The summed E-state index contributed by atoms with van der Waals surface area (Å²) < 4.78 is 25.3. The lowest BCUT2D eigenvalue weighted by molar-refractivity contribution is -0.384. The summed E-state index contributed by atoms with van der Waals surface area (Å²) in [6.45, 7) is 6.02. The zero-order valence-electron chi connectivity index (χ0n) is 11.7. The summed E-state index contributed by atoms with van der Waals surface area (Å²) in [6, 6.07) is 7.36. The van der Waals surface area contributed by atoms with Gasteiger partial charge >= 0.3 is 0 Å². The van der Waals surface area contributed by atoms with Crippen molar-refractivity contribution in [2.75, 3.05) is 7.05 Å². The molecule has 0 aromatic heterocycles. The molecule has 0 unspecified atom stereocenters. The Kier molecular flexibility index (Phi) is 4.57. The highest BCUT2D eigenvalue weighted by atomic mass is 32.2. The number of rotatable bonds is 3. The Balaban J connectivity index is 3.10. The maximum Gasteiger partial charge on any atom is 0.270 e. The second-order valence-corrected chi connectivity index (χ2v) is 11.9. The maximum atomic E-state index is 12.2. The molecule has 1 aromatic rings. The van der Waals surface area contributed by atoms with E-state index in [4.69, 9.17) is 0 Å². The molecule has 0 bridgehead atoms. The van der Waals surface area contributed by atoms with E-state index in [-0.39, 0.29) is 10.6 Å². The Labute approximate surface area is 119 Å². The molecular weight excluding hydrogens is 296 g/mol. The molecule has 0 heterocycles. The van der Waals surface area contributed by atoms with E-state index in [9.17, 15) is 18.5 Å². The molecule has 0 aliphatic heterocycles. The summed E-state index contributed by atoms with van der Waals surface area (Å²) >= 11 is 0. The van der Waals surface area contributed by atoms with Crippen molar-refractivity contribution in [3.63, 3.8) is 0 Å². The first-order valence-corrected chi connectivity index (χ1v) is 10.7. The lowest BCUT2D eigenvalue weighted by Crippen LogP contribution is -2.24. The molecule has 0 aliphatic carbocycles. The van der Waals surface area contributed by atoms with Gasteiger partial charge < -0.3 is 0 Å². The van der Waals surface area contributed by atoms with Crippen molar-refractivity contribution in [1.82, 2.24) is 4.31 Å². The summed E-state index contributed by atoms with van der Waals surface area (Å²) in [5, 5.41) is 10.5. The third-order valence-corrected chi connectivity index (χ3v) is 4.84. The van der Waals surface area contributed by atoms with Gasteiger partial charge in [0.1, 0.15) is 8.07 Å². The molecule has 0 spiro atoms. The molecule has 1 aromatic carbocycles. The second-order valence-electron chi connectivity index (χ2n) is 5.21. The van der Waals surface area contributed by atoms with Crippen molar-refractivity contribution < 1.29 is 13.3 Å². The van der Waals surface area contributed by atoms with Gasteiger partial charge in [0.15, 0.2) is 0 Å². The number of hydrogen-bond acceptors (Lipinski definition) is 4. The normalized spacial score (nSPS) is 11.4. The van der Waals surface area contributed by atoms with Gasteiger partial charge in [-0.3, -0.25) is 10.1 Å². The molecule has 0 saturated heterocycles. The minimum Gasteiger partial charge on any atom is -0.258 e. The van der Waals surface area contributed by atoms with Crippen LogP contribution in [0.2, 0.25) is 19.6 Å². The second kappa shape index (κ2) is 5.64. The summed E-state index contributed by atoms with van der Waals surface area (Å²) in [5.41, 5.74) is 2.80. The molecule has 6 nitrogen and oxygen atoms in total. The average Bonchev–Trinajstić information content (AvgIpc) is 2.35. The van der Waals surface area contributed by atoms with Crippen molar-refractivity contribution in [1.29, 1.82) is 0 Å². The van der Waals surface area contributed by atoms with E-state index in [0.29, 0.717) is 0 Å². The summed E-state index contributed by atoms with van der Waals surface area (Å²) in [4.78, 5) is 9.94. The van der Waals surface area contributed by atoms with Gasteiger partial charge in [0.2, 0.25) is 0 Å². The highest BCUT2D eigenvalue weighted by molar-refractivity contribution is 7.89. The minimum atomic E-state index is -3.74. The first-order valence-electron chi connectivity index (χ1n) is 5.80. The minimum absolute atomic E-state index is 0.0181. The Hall–Kier alpha value is -1.85. The molecule has 108 valence electrons. The van der Waals surface area contributed by atoms with E-state index in [1.54, 1.807) is 0 Å². The molecule has 8 heteroatoms. The molecular formula is C12H16N2O4SSi.